The van der Waals surface area contributed by atoms with Crippen molar-refractivity contribution >= 4 is 21.9 Å². The fourth-order valence-corrected chi connectivity index (χ4v) is 5.79. The second kappa shape index (κ2) is 10.3. The molecule has 4 heterocycles. The predicted octanol–water partition coefficient (Wildman–Crippen LogP) is 3.19. The number of benzene rings is 1. The number of halogens is 1. The van der Waals surface area contributed by atoms with Crippen molar-refractivity contribution in [1.82, 2.24) is 24.7 Å². The second-order valence-electron chi connectivity index (χ2n) is 8.66. The summed E-state index contributed by atoms with van der Waals surface area (Å²) in [6.45, 7) is 2.46. The Labute approximate surface area is 218 Å². The SMILES string of the molecule is COc1cccc(OC)c1-n1c(NS(=O)(=O)C2CCCN(c3ncc(F)cn3)C2)nnc1-c1ccc(C)o1. The van der Waals surface area contributed by atoms with Crippen LogP contribution < -0.4 is 19.1 Å². The maximum absolute atomic E-state index is 13.6. The maximum atomic E-state index is 13.6. The highest BCUT2D eigenvalue weighted by atomic mass is 32.2. The molecule has 1 N–H and O–H groups in total. The van der Waals surface area contributed by atoms with Crippen LogP contribution in [0.25, 0.3) is 17.3 Å². The summed E-state index contributed by atoms with van der Waals surface area (Å²) in [5, 5.41) is 7.59. The molecule has 0 amide bonds. The molecule has 1 atom stereocenters. The Balaban J connectivity index is 1.54. The summed E-state index contributed by atoms with van der Waals surface area (Å²) in [7, 11) is -0.981. The smallest absolute Gasteiger partial charge is 0.243 e. The van der Waals surface area contributed by atoms with Crippen molar-refractivity contribution in [1.29, 1.82) is 0 Å². The maximum Gasteiger partial charge on any atom is 0.243 e. The fraction of sp³-hybridized carbons (Fsp3) is 0.333. The van der Waals surface area contributed by atoms with Crippen molar-refractivity contribution < 1.29 is 26.7 Å². The third-order valence-corrected chi connectivity index (χ3v) is 7.92. The second-order valence-corrected chi connectivity index (χ2v) is 10.6. The number of hydrogen-bond donors (Lipinski definition) is 1. The van der Waals surface area contributed by atoms with Crippen molar-refractivity contribution in [3.63, 3.8) is 0 Å². The largest absolute Gasteiger partial charge is 0.494 e. The third kappa shape index (κ3) is 4.86. The highest BCUT2D eigenvalue weighted by molar-refractivity contribution is 7.93. The molecule has 1 aliphatic rings. The number of ether oxygens (including phenoxy) is 2. The highest BCUT2D eigenvalue weighted by Gasteiger charge is 2.34. The van der Waals surface area contributed by atoms with E-state index in [1.54, 1.807) is 42.2 Å². The van der Waals surface area contributed by atoms with Crippen LogP contribution in [0.5, 0.6) is 11.5 Å². The molecule has 1 aliphatic heterocycles. The molecule has 0 aliphatic carbocycles. The molecule has 5 rings (SSSR count). The summed E-state index contributed by atoms with van der Waals surface area (Å²) in [6.07, 6.45) is 3.10. The average molecular weight is 544 g/mol. The van der Waals surface area contributed by atoms with E-state index in [1.165, 1.54) is 18.8 Å². The minimum absolute atomic E-state index is 0.0630. The van der Waals surface area contributed by atoms with Crippen LogP contribution in [0.2, 0.25) is 0 Å². The van der Waals surface area contributed by atoms with Crippen molar-refractivity contribution in [2.75, 3.05) is 36.9 Å². The normalized spacial score (nSPS) is 15.9. The first-order valence-electron chi connectivity index (χ1n) is 11.8. The summed E-state index contributed by atoms with van der Waals surface area (Å²) in [6, 6.07) is 8.67. The zero-order chi connectivity index (χ0) is 26.9. The van der Waals surface area contributed by atoms with Gasteiger partial charge in [-0.1, -0.05) is 6.07 Å². The number of aryl methyl sites for hydroxylation is 1. The lowest BCUT2D eigenvalue weighted by Gasteiger charge is -2.32. The van der Waals surface area contributed by atoms with Gasteiger partial charge in [0.2, 0.25) is 27.7 Å². The van der Waals surface area contributed by atoms with Crippen LogP contribution in [-0.2, 0) is 10.0 Å². The molecule has 4 aromatic rings. The van der Waals surface area contributed by atoms with E-state index in [2.05, 4.69) is 24.9 Å². The standard InChI is InChI=1S/C24H26FN7O5S/c1-15-9-10-20(37-15)22-28-29-24(32(22)21-18(35-2)7-4-8-19(21)36-3)30-38(33,34)17-6-5-11-31(14-17)23-26-12-16(25)13-27-23/h4,7-10,12-13,17H,5-6,11,14H2,1-3H3,(H,29,30). The Kier molecular flexibility index (Phi) is 6.89. The number of nitrogens with one attached hydrogen (secondary N) is 1. The van der Waals surface area contributed by atoms with E-state index in [9.17, 15) is 12.8 Å². The number of hydrogen-bond acceptors (Lipinski definition) is 10. The van der Waals surface area contributed by atoms with E-state index in [4.69, 9.17) is 13.9 Å². The lowest BCUT2D eigenvalue weighted by Crippen LogP contribution is -2.45. The number of piperidine rings is 1. The monoisotopic (exact) mass is 543 g/mol. The van der Waals surface area contributed by atoms with Gasteiger partial charge in [-0.25, -0.2) is 22.8 Å². The average Bonchev–Trinajstić information content (AvgIpc) is 3.54. The van der Waals surface area contributed by atoms with Gasteiger partial charge in [-0.2, -0.15) is 0 Å². The first-order chi connectivity index (χ1) is 18.3. The molecule has 0 spiro atoms. The Morgan fingerprint density at radius 2 is 1.79 bits per heavy atom. The zero-order valence-electron chi connectivity index (χ0n) is 21.0. The van der Waals surface area contributed by atoms with Crippen LogP contribution >= 0.6 is 0 Å². The van der Waals surface area contributed by atoms with Gasteiger partial charge in [0.05, 0.1) is 31.9 Å². The minimum atomic E-state index is -3.98. The van der Waals surface area contributed by atoms with E-state index in [1.807, 2.05) is 0 Å². The van der Waals surface area contributed by atoms with Gasteiger partial charge in [0, 0.05) is 13.1 Å². The van der Waals surface area contributed by atoms with E-state index < -0.39 is 21.1 Å². The van der Waals surface area contributed by atoms with Crippen molar-refractivity contribution in [2.24, 2.45) is 0 Å². The van der Waals surface area contributed by atoms with Crippen LogP contribution in [-0.4, -0.2) is 65.7 Å². The summed E-state index contributed by atoms with van der Waals surface area (Å²) in [5.74, 6) is 1.74. The topological polar surface area (TPSA) is 138 Å². The summed E-state index contributed by atoms with van der Waals surface area (Å²) in [4.78, 5) is 9.71. The van der Waals surface area contributed by atoms with Gasteiger partial charge in [0.25, 0.3) is 0 Å². The van der Waals surface area contributed by atoms with E-state index in [-0.39, 0.29) is 24.3 Å². The van der Waals surface area contributed by atoms with Gasteiger partial charge < -0.3 is 18.8 Å². The summed E-state index contributed by atoms with van der Waals surface area (Å²) in [5.41, 5.74) is 0.397. The molecular formula is C24H26FN7O5S. The number of rotatable bonds is 8. The summed E-state index contributed by atoms with van der Waals surface area (Å²) < 4.78 is 61.6. The number of nitrogens with zero attached hydrogens (tertiary/aromatic N) is 6. The van der Waals surface area contributed by atoms with Gasteiger partial charge in [-0.15, -0.1) is 10.2 Å². The first-order valence-corrected chi connectivity index (χ1v) is 13.3. The molecular weight excluding hydrogens is 517 g/mol. The summed E-state index contributed by atoms with van der Waals surface area (Å²) >= 11 is 0. The fourth-order valence-electron chi connectivity index (χ4n) is 4.38. The van der Waals surface area contributed by atoms with Crippen molar-refractivity contribution in [3.8, 4) is 28.8 Å². The molecule has 1 saturated heterocycles. The Hall–Kier alpha value is -4.20. The molecule has 3 aromatic heterocycles. The van der Waals surface area contributed by atoms with Gasteiger partial charge in [0.15, 0.2) is 11.6 Å². The third-order valence-electron chi connectivity index (χ3n) is 6.19. The first kappa shape index (κ1) is 25.4. The van der Waals surface area contributed by atoms with Crippen LogP contribution in [0, 0.1) is 12.7 Å². The Morgan fingerprint density at radius 1 is 1.08 bits per heavy atom. The lowest BCUT2D eigenvalue weighted by molar-refractivity contribution is 0.391. The molecule has 0 radical (unpaired) electrons. The number of sulfonamides is 1. The van der Waals surface area contributed by atoms with Crippen LogP contribution in [0.3, 0.4) is 0 Å². The number of furan rings is 1. The molecule has 38 heavy (non-hydrogen) atoms. The van der Waals surface area contributed by atoms with Crippen LogP contribution in [0.1, 0.15) is 18.6 Å². The molecule has 200 valence electrons. The van der Waals surface area contributed by atoms with Crippen LogP contribution in [0.15, 0.2) is 47.1 Å². The number of anilines is 2. The van der Waals surface area contributed by atoms with Gasteiger partial charge >= 0.3 is 0 Å². The highest BCUT2D eigenvalue weighted by Crippen LogP contribution is 2.38. The lowest BCUT2D eigenvalue weighted by atomic mass is 10.1. The minimum Gasteiger partial charge on any atom is -0.494 e. The van der Waals surface area contributed by atoms with Gasteiger partial charge in [-0.05, 0) is 44.0 Å². The number of methoxy groups -OCH3 is 2. The zero-order valence-corrected chi connectivity index (χ0v) is 21.8. The van der Waals surface area contributed by atoms with Crippen LogP contribution in [0.4, 0.5) is 16.3 Å². The Morgan fingerprint density at radius 3 is 2.42 bits per heavy atom. The molecule has 1 fully saturated rings. The van der Waals surface area contributed by atoms with E-state index in [0.29, 0.717) is 48.1 Å². The van der Waals surface area contributed by atoms with Gasteiger partial charge in [-0.3, -0.25) is 9.29 Å². The number of aromatic nitrogens is 5. The Bertz CT molecular complexity index is 1520. The molecule has 14 heteroatoms. The predicted molar refractivity (Wildman–Crippen MR) is 137 cm³/mol. The molecule has 1 aromatic carbocycles. The molecule has 12 nitrogen and oxygen atoms in total. The van der Waals surface area contributed by atoms with E-state index in [0.717, 1.165) is 12.4 Å². The van der Waals surface area contributed by atoms with Gasteiger partial charge in [0.1, 0.15) is 22.9 Å². The number of para-hydroxylation sites is 1. The van der Waals surface area contributed by atoms with Crippen molar-refractivity contribution in [3.05, 3.63) is 54.3 Å². The molecule has 0 saturated carbocycles. The molecule has 1 unspecified atom stereocenters. The van der Waals surface area contributed by atoms with Crippen molar-refractivity contribution in [2.45, 2.75) is 25.0 Å². The molecule has 0 bridgehead atoms. The van der Waals surface area contributed by atoms with E-state index >= 15 is 0 Å². The quantitative estimate of drug-likeness (QED) is 0.353.